The van der Waals surface area contributed by atoms with Crippen molar-refractivity contribution in [1.82, 2.24) is 10.6 Å². The zero-order valence-electron chi connectivity index (χ0n) is 16.3. The molecule has 0 spiro atoms. The lowest BCUT2D eigenvalue weighted by Gasteiger charge is -2.30. The molecule has 2 amide bonds. The Labute approximate surface area is 147 Å². The second-order valence-electron chi connectivity index (χ2n) is 8.87. The third-order valence-corrected chi connectivity index (χ3v) is 4.51. The lowest BCUT2D eigenvalue weighted by molar-refractivity contribution is -0.124. The fraction of sp³-hybridized carbons (Fsp3) is 0.895. The first-order valence-corrected chi connectivity index (χ1v) is 9.26. The Bertz CT molecular complexity index is 421. The molecule has 2 N–H and O–H groups in total. The van der Waals surface area contributed by atoms with Gasteiger partial charge in [-0.15, -0.1) is 0 Å². The summed E-state index contributed by atoms with van der Waals surface area (Å²) in [5.41, 5.74) is -1.02. The average molecular weight is 341 g/mol. The van der Waals surface area contributed by atoms with Crippen LogP contribution in [0.1, 0.15) is 80.1 Å². The number of amides is 2. The molecule has 0 aliphatic heterocycles. The van der Waals surface area contributed by atoms with Gasteiger partial charge in [-0.3, -0.25) is 4.79 Å². The Morgan fingerprint density at radius 1 is 1.08 bits per heavy atom. The molecule has 0 saturated heterocycles. The summed E-state index contributed by atoms with van der Waals surface area (Å²) in [6.07, 6.45) is 6.51. The van der Waals surface area contributed by atoms with Crippen LogP contribution in [0.3, 0.4) is 0 Å². The molecule has 0 aromatic heterocycles. The third-order valence-electron chi connectivity index (χ3n) is 4.51. The highest BCUT2D eigenvalue weighted by molar-refractivity contribution is 5.77. The monoisotopic (exact) mass is 340 g/mol. The molecule has 0 radical (unpaired) electrons. The van der Waals surface area contributed by atoms with Crippen LogP contribution in [0.5, 0.6) is 0 Å². The Balaban J connectivity index is 2.36. The number of carbonyl (C=O) groups excluding carboxylic acids is 2. The summed E-state index contributed by atoms with van der Waals surface area (Å²) >= 11 is 0. The average Bonchev–Trinajstić information content (AvgIpc) is 2.44. The summed E-state index contributed by atoms with van der Waals surface area (Å²) in [5.74, 6) is 1.15. The fourth-order valence-electron chi connectivity index (χ4n) is 3.24. The quantitative estimate of drug-likeness (QED) is 0.767. The first-order valence-electron chi connectivity index (χ1n) is 9.26. The molecule has 0 aromatic rings. The molecular formula is C19H36N2O3. The number of carbonyl (C=O) groups is 2. The SMILES string of the molecule is CC(CC(=O)NC(C)(C)CNC(=O)OC(C)(C)C)C1CCCCC1. The molecule has 24 heavy (non-hydrogen) atoms. The minimum absolute atomic E-state index is 0.0593. The van der Waals surface area contributed by atoms with Crippen molar-refractivity contribution in [1.29, 1.82) is 0 Å². The second kappa shape index (κ2) is 8.72. The van der Waals surface area contributed by atoms with Crippen LogP contribution in [0.25, 0.3) is 0 Å². The van der Waals surface area contributed by atoms with E-state index in [1.165, 1.54) is 32.1 Å². The van der Waals surface area contributed by atoms with Gasteiger partial charge >= 0.3 is 6.09 Å². The molecule has 1 aliphatic carbocycles. The molecular weight excluding hydrogens is 304 g/mol. The molecule has 0 heterocycles. The van der Waals surface area contributed by atoms with Crippen molar-refractivity contribution in [2.24, 2.45) is 11.8 Å². The standard InChI is InChI=1S/C19H36N2O3/c1-14(15-10-8-7-9-11-15)12-16(22)21-19(5,6)13-20-17(23)24-18(2,3)4/h14-15H,7-13H2,1-6H3,(H,20,23)(H,21,22). The van der Waals surface area contributed by atoms with E-state index in [1.54, 1.807) is 0 Å². The Morgan fingerprint density at radius 3 is 2.21 bits per heavy atom. The molecule has 1 fully saturated rings. The van der Waals surface area contributed by atoms with Crippen LogP contribution < -0.4 is 10.6 Å². The summed E-state index contributed by atoms with van der Waals surface area (Å²) in [6.45, 7) is 11.8. The largest absolute Gasteiger partial charge is 0.444 e. The Kier molecular flexibility index (Phi) is 7.56. The van der Waals surface area contributed by atoms with Crippen LogP contribution >= 0.6 is 0 Å². The zero-order valence-corrected chi connectivity index (χ0v) is 16.3. The molecule has 5 heteroatoms. The third kappa shape index (κ3) is 8.55. The van der Waals surface area contributed by atoms with E-state index < -0.39 is 17.2 Å². The maximum Gasteiger partial charge on any atom is 0.407 e. The van der Waals surface area contributed by atoms with Gasteiger partial charge in [0.15, 0.2) is 0 Å². The summed E-state index contributed by atoms with van der Waals surface area (Å²) in [6, 6.07) is 0. The van der Waals surface area contributed by atoms with E-state index in [4.69, 9.17) is 4.74 Å². The van der Waals surface area contributed by atoms with Gasteiger partial charge in [0.25, 0.3) is 0 Å². The van der Waals surface area contributed by atoms with Crippen LogP contribution in [0, 0.1) is 11.8 Å². The molecule has 1 rings (SSSR count). The van der Waals surface area contributed by atoms with Crippen LogP contribution in [0.15, 0.2) is 0 Å². The van der Waals surface area contributed by atoms with Crippen molar-refractivity contribution in [3.63, 3.8) is 0 Å². The minimum atomic E-state index is -0.521. The predicted molar refractivity (Wildman–Crippen MR) is 96.8 cm³/mol. The van der Waals surface area contributed by atoms with Gasteiger partial charge in [0.05, 0.1) is 5.54 Å². The molecule has 1 unspecified atom stereocenters. The van der Waals surface area contributed by atoms with E-state index in [2.05, 4.69) is 17.6 Å². The number of hydrogen-bond donors (Lipinski definition) is 2. The van der Waals surface area contributed by atoms with Gasteiger partial charge in [-0.05, 0) is 46.5 Å². The highest BCUT2D eigenvalue weighted by Crippen LogP contribution is 2.31. The van der Waals surface area contributed by atoms with E-state index in [1.807, 2.05) is 34.6 Å². The van der Waals surface area contributed by atoms with E-state index >= 15 is 0 Å². The summed E-state index contributed by atoms with van der Waals surface area (Å²) < 4.78 is 5.22. The smallest absolute Gasteiger partial charge is 0.407 e. The van der Waals surface area contributed by atoms with Gasteiger partial charge in [0.1, 0.15) is 5.60 Å². The molecule has 140 valence electrons. The highest BCUT2D eigenvalue weighted by Gasteiger charge is 2.26. The first-order chi connectivity index (χ1) is 11.0. The molecule has 1 aliphatic rings. The maximum atomic E-state index is 12.3. The highest BCUT2D eigenvalue weighted by atomic mass is 16.6. The maximum absolute atomic E-state index is 12.3. The van der Waals surface area contributed by atoms with E-state index in [0.29, 0.717) is 24.8 Å². The van der Waals surface area contributed by atoms with E-state index in [9.17, 15) is 9.59 Å². The van der Waals surface area contributed by atoms with Gasteiger partial charge in [-0.25, -0.2) is 4.79 Å². The van der Waals surface area contributed by atoms with Gasteiger partial charge in [0, 0.05) is 13.0 Å². The summed E-state index contributed by atoms with van der Waals surface area (Å²) in [5, 5.41) is 5.76. The predicted octanol–water partition coefficient (Wildman–Crippen LogP) is 4.01. The number of alkyl carbamates (subject to hydrolysis) is 1. The number of ether oxygens (including phenoxy) is 1. The van der Waals surface area contributed by atoms with Crippen molar-refractivity contribution in [2.45, 2.75) is 91.2 Å². The first kappa shape index (κ1) is 20.8. The van der Waals surface area contributed by atoms with Gasteiger partial charge in [-0.2, -0.15) is 0 Å². The molecule has 5 nitrogen and oxygen atoms in total. The van der Waals surface area contributed by atoms with Crippen molar-refractivity contribution >= 4 is 12.0 Å². The van der Waals surface area contributed by atoms with Crippen LogP contribution in [-0.2, 0) is 9.53 Å². The minimum Gasteiger partial charge on any atom is -0.444 e. The fourth-order valence-corrected chi connectivity index (χ4v) is 3.24. The second-order valence-corrected chi connectivity index (χ2v) is 8.87. The summed E-state index contributed by atoms with van der Waals surface area (Å²) in [4.78, 5) is 24.1. The van der Waals surface area contributed by atoms with Crippen molar-refractivity contribution in [3.05, 3.63) is 0 Å². The molecule has 0 bridgehead atoms. The van der Waals surface area contributed by atoms with Crippen LogP contribution in [-0.4, -0.2) is 29.7 Å². The normalized spacial score (nSPS) is 17.9. The zero-order chi connectivity index (χ0) is 18.4. The molecule has 1 saturated carbocycles. The molecule has 1 atom stereocenters. The summed E-state index contributed by atoms with van der Waals surface area (Å²) in [7, 11) is 0. The van der Waals surface area contributed by atoms with Crippen molar-refractivity contribution in [3.8, 4) is 0 Å². The van der Waals surface area contributed by atoms with Crippen LogP contribution in [0.4, 0.5) is 4.79 Å². The van der Waals surface area contributed by atoms with Crippen molar-refractivity contribution in [2.75, 3.05) is 6.54 Å². The van der Waals surface area contributed by atoms with E-state index in [0.717, 1.165) is 0 Å². The Hall–Kier alpha value is -1.26. The van der Waals surface area contributed by atoms with Crippen molar-refractivity contribution < 1.29 is 14.3 Å². The topological polar surface area (TPSA) is 67.4 Å². The van der Waals surface area contributed by atoms with Crippen LogP contribution in [0.2, 0.25) is 0 Å². The lowest BCUT2D eigenvalue weighted by atomic mass is 9.79. The van der Waals surface area contributed by atoms with E-state index in [-0.39, 0.29) is 5.91 Å². The number of rotatable bonds is 6. The van der Waals surface area contributed by atoms with Gasteiger partial charge < -0.3 is 15.4 Å². The Morgan fingerprint density at radius 2 is 1.67 bits per heavy atom. The number of hydrogen-bond acceptors (Lipinski definition) is 3. The van der Waals surface area contributed by atoms with Gasteiger partial charge in [0.2, 0.25) is 5.91 Å². The lowest BCUT2D eigenvalue weighted by Crippen LogP contribution is -2.52. The van der Waals surface area contributed by atoms with Gasteiger partial charge in [-0.1, -0.05) is 39.0 Å². The number of nitrogens with one attached hydrogen (secondary N) is 2. The molecule has 0 aromatic carbocycles.